The van der Waals surface area contributed by atoms with Gasteiger partial charge in [0.05, 0.1) is 21.5 Å². The third-order valence-corrected chi connectivity index (χ3v) is 5.99. The fourth-order valence-electron chi connectivity index (χ4n) is 2.57. The Hall–Kier alpha value is -0.910. The molecule has 0 spiro atoms. The first-order chi connectivity index (χ1) is 11.2. The van der Waals surface area contributed by atoms with Crippen LogP contribution in [0.1, 0.15) is 38.1 Å². The van der Waals surface area contributed by atoms with Crippen molar-refractivity contribution in [3.05, 3.63) is 33.8 Å². The van der Waals surface area contributed by atoms with Gasteiger partial charge < -0.3 is 9.64 Å². The van der Waals surface area contributed by atoms with Crippen LogP contribution in [0.25, 0.3) is 0 Å². The molecule has 1 saturated heterocycles. The van der Waals surface area contributed by atoms with Crippen molar-refractivity contribution in [1.29, 1.82) is 0 Å². The van der Waals surface area contributed by atoms with Gasteiger partial charge in [-0.3, -0.25) is 4.79 Å². The Bertz CT molecular complexity index is 636. The second-order valence-corrected chi connectivity index (χ2v) is 8.27. The van der Waals surface area contributed by atoms with E-state index in [2.05, 4.69) is 0 Å². The van der Waals surface area contributed by atoms with Crippen LogP contribution in [0.4, 0.5) is 0 Å². The van der Waals surface area contributed by atoms with Crippen LogP contribution in [0.3, 0.4) is 0 Å². The quantitative estimate of drug-likeness (QED) is 0.711. The van der Waals surface area contributed by atoms with E-state index >= 15 is 0 Å². The summed E-state index contributed by atoms with van der Waals surface area (Å²) in [6, 6.07) is 4.16. The largest absolute Gasteiger partial charge is 0.461 e. The first kappa shape index (κ1) is 19.4. The second kappa shape index (κ2) is 7.98. The maximum atomic E-state index is 13.0. The summed E-state index contributed by atoms with van der Waals surface area (Å²) in [5.41, 5.74) is 0.417. The Morgan fingerprint density at radius 3 is 2.42 bits per heavy atom. The Morgan fingerprint density at radius 2 is 1.88 bits per heavy atom. The number of ether oxygens (including phenoxy) is 1. The average molecular weight is 390 g/mol. The van der Waals surface area contributed by atoms with E-state index in [1.54, 1.807) is 42.6 Å². The van der Waals surface area contributed by atoms with Gasteiger partial charge in [0.15, 0.2) is 0 Å². The summed E-state index contributed by atoms with van der Waals surface area (Å²) in [4.78, 5) is 27.1. The lowest BCUT2D eigenvalue weighted by molar-refractivity contribution is -0.152. The summed E-state index contributed by atoms with van der Waals surface area (Å²) in [5.74, 6) is 0.136. The Morgan fingerprint density at radius 1 is 1.21 bits per heavy atom. The Labute approximate surface area is 156 Å². The number of esters is 1. The standard InChI is InChI=1S/C17H21Cl2NO3S/c1-9(2)16-20(14(8-24-16)17(22)23-10(3)4)15(21)11-5-6-12(18)13(19)7-11/h5-7,9-10,14,16H,8H2,1-4H3. The van der Waals surface area contributed by atoms with Crippen molar-refractivity contribution in [3.8, 4) is 0 Å². The minimum atomic E-state index is -0.591. The number of hydrogen-bond acceptors (Lipinski definition) is 4. The summed E-state index contributed by atoms with van der Waals surface area (Å²) in [5, 5.41) is 0.619. The molecule has 4 nitrogen and oxygen atoms in total. The molecule has 0 radical (unpaired) electrons. The van der Waals surface area contributed by atoms with Crippen molar-refractivity contribution in [2.75, 3.05) is 5.75 Å². The molecule has 1 aliphatic rings. The number of nitrogens with zero attached hydrogens (tertiary/aromatic N) is 1. The molecule has 1 heterocycles. The topological polar surface area (TPSA) is 46.6 Å². The lowest BCUT2D eigenvalue weighted by Gasteiger charge is -2.31. The fourth-order valence-corrected chi connectivity index (χ4v) is 4.33. The lowest BCUT2D eigenvalue weighted by Crippen LogP contribution is -2.48. The van der Waals surface area contributed by atoms with Gasteiger partial charge in [-0.1, -0.05) is 37.0 Å². The highest BCUT2D eigenvalue weighted by Gasteiger charge is 2.44. The number of halogens is 2. The maximum absolute atomic E-state index is 13.0. The van der Waals surface area contributed by atoms with Gasteiger partial charge >= 0.3 is 5.97 Å². The van der Waals surface area contributed by atoms with Crippen molar-refractivity contribution >= 4 is 46.8 Å². The molecule has 132 valence electrons. The molecule has 1 fully saturated rings. The van der Waals surface area contributed by atoms with Gasteiger partial charge in [0.1, 0.15) is 6.04 Å². The number of amides is 1. The van der Waals surface area contributed by atoms with Gasteiger partial charge in [-0.05, 0) is 38.0 Å². The van der Waals surface area contributed by atoms with E-state index < -0.39 is 6.04 Å². The normalized spacial score (nSPS) is 20.8. The molecule has 0 N–H and O–H groups in total. The monoisotopic (exact) mass is 389 g/mol. The molecule has 2 atom stereocenters. The van der Waals surface area contributed by atoms with E-state index in [0.29, 0.717) is 21.4 Å². The first-order valence-corrected chi connectivity index (χ1v) is 9.62. The molecule has 24 heavy (non-hydrogen) atoms. The van der Waals surface area contributed by atoms with Crippen LogP contribution in [0.2, 0.25) is 10.0 Å². The third kappa shape index (κ3) is 4.19. The molecule has 1 aliphatic heterocycles. The molecule has 2 rings (SSSR count). The van der Waals surface area contributed by atoms with Crippen molar-refractivity contribution in [2.45, 2.75) is 45.2 Å². The van der Waals surface area contributed by atoms with Gasteiger partial charge in [-0.25, -0.2) is 4.79 Å². The van der Waals surface area contributed by atoms with Crippen LogP contribution in [-0.2, 0) is 9.53 Å². The number of carbonyl (C=O) groups excluding carboxylic acids is 2. The zero-order valence-electron chi connectivity index (χ0n) is 14.1. The van der Waals surface area contributed by atoms with Crippen LogP contribution in [0, 0.1) is 5.92 Å². The average Bonchev–Trinajstić information content (AvgIpc) is 2.93. The second-order valence-electron chi connectivity index (χ2n) is 6.31. The minimum Gasteiger partial charge on any atom is -0.461 e. The lowest BCUT2D eigenvalue weighted by atomic mass is 10.1. The van der Waals surface area contributed by atoms with E-state index in [1.807, 2.05) is 13.8 Å². The zero-order chi connectivity index (χ0) is 18.0. The smallest absolute Gasteiger partial charge is 0.330 e. The summed E-state index contributed by atoms with van der Waals surface area (Å²) >= 11 is 13.6. The van der Waals surface area contributed by atoms with Gasteiger partial charge in [0.25, 0.3) is 5.91 Å². The highest BCUT2D eigenvalue weighted by Crippen LogP contribution is 2.36. The van der Waals surface area contributed by atoms with Crippen molar-refractivity contribution < 1.29 is 14.3 Å². The van der Waals surface area contributed by atoms with Crippen LogP contribution < -0.4 is 0 Å². The van der Waals surface area contributed by atoms with Crippen LogP contribution >= 0.6 is 35.0 Å². The molecule has 1 aromatic rings. The molecule has 0 aliphatic carbocycles. The van der Waals surface area contributed by atoms with Crippen LogP contribution in [0.15, 0.2) is 18.2 Å². The molecule has 0 saturated carbocycles. The number of rotatable bonds is 4. The molecule has 1 aromatic carbocycles. The van der Waals surface area contributed by atoms with Crippen molar-refractivity contribution in [2.24, 2.45) is 5.92 Å². The summed E-state index contributed by atoms with van der Waals surface area (Å²) < 4.78 is 5.33. The number of hydrogen-bond donors (Lipinski definition) is 0. The van der Waals surface area contributed by atoms with Crippen molar-refractivity contribution in [1.82, 2.24) is 4.90 Å². The first-order valence-electron chi connectivity index (χ1n) is 7.82. The van der Waals surface area contributed by atoms with E-state index in [4.69, 9.17) is 27.9 Å². The fraction of sp³-hybridized carbons (Fsp3) is 0.529. The Kier molecular flexibility index (Phi) is 6.46. The molecule has 1 amide bonds. The predicted octanol–water partition coefficient (Wildman–Crippen LogP) is 4.48. The minimum absolute atomic E-state index is 0.0864. The zero-order valence-corrected chi connectivity index (χ0v) is 16.4. The SMILES string of the molecule is CC(C)OC(=O)C1CSC(C(C)C)N1C(=O)c1ccc(Cl)c(Cl)c1. The van der Waals surface area contributed by atoms with Gasteiger partial charge in [0.2, 0.25) is 0 Å². The molecule has 0 bridgehead atoms. The summed E-state index contributed by atoms with van der Waals surface area (Å²) in [6.45, 7) is 7.65. The predicted molar refractivity (Wildman–Crippen MR) is 98.7 cm³/mol. The maximum Gasteiger partial charge on any atom is 0.330 e. The number of benzene rings is 1. The van der Waals surface area contributed by atoms with Gasteiger partial charge in [0, 0.05) is 11.3 Å². The van der Waals surface area contributed by atoms with Gasteiger partial charge in [-0.2, -0.15) is 0 Å². The van der Waals surface area contributed by atoms with E-state index in [-0.39, 0.29) is 29.3 Å². The molecule has 0 aromatic heterocycles. The number of carbonyl (C=O) groups is 2. The van der Waals surface area contributed by atoms with Gasteiger partial charge in [-0.15, -0.1) is 11.8 Å². The van der Waals surface area contributed by atoms with Crippen LogP contribution in [-0.4, -0.2) is 40.0 Å². The van der Waals surface area contributed by atoms with E-state index in [1.165, 1.54) is 6.07 Å². The number of thioether (sulfide) groups is 1. The molecular weight excluding hydrogens is 369 g/mol. The summed E-state index contributed by atoms with van der Waals surface area (Å²) in [6.07, 6.45) is -0.220. The Balaban J connectivity index is 2.33. The van der Waals surface area contributed by atoms with E-state index in [9.17, 15) is 9.59 Å². The van der Waals surface area contributed by atoms with Crippen molar-refractivity contribution in [3.63, 3.8) is 0 Å². The summed E-state index contributed by atoms with van der Waals surface area (Å²) in [7, 11) is 0. The molecule has 2 unspecified atom stereocenters. The van der Waals surface area contributed by atoms with E-state index in [0.717, 1.165) is 0 Å². The highest BCUT2D eigenvalue weighted by atomic mass is 35.5. The molecule has 7 heteroatoms. The van der Waals surface area contributed by atoms with Crippen LogP contribution in [0.5, 0.6) is 0 Å². The third-order valence-electron chi connectivity index (χ3n) is 3.63. The highest BCUT2D eigenvalue weighted by molar-refractivity contribution is 8.00. The molecular formula is C17H21Cl2NO3S.